The molecule has 1 rings (SSSR count). The molecule has 0 radical (unpaired) electrons. The minimum atomic E-state index is -0.133. The third kappa shape index (κ3) is 1.75. The molecule has 0 fully saturated rings. The second kappa shape index (κ2) is 3.45. The van der Waals surface area contributed by atoms with Crippen LogP contribution in [0.15, 0.2) is 0 Å². The Morgan fingerprint density at radius 2 is 2.45 bits per heavy atom. The molecule has 5 nitrogen and oxygen atoms in total. The zero-order valence-corrected chi connectivity index (χ0v) is 6.41. The number of nitrogens with two attached hydrogens (primary N) is 1. The summed E-state index contributed by atoms with van der Waals surface area (Å²) in [7, 11) is 0. The van der Waals surface area contributed by atoms with Crippen LogP contribution < -0.4 is 5.73 Å². The van der Waals surface area contributed by atoms with Crippen molar-refractivity contribution in [1.82, 2.24) is 15.2 Å². The molecule has 0 spiro atoms. The van der Waals surface area contributed by atoms with Crippen LogP contribution in [0.5, 0.6) is 0 Å². The lowest BCUT2D eigenvalue weighted by molar-refractivity contribution is 0.271. The lowest BCUT2D eigenvalue weighted by atomic mass is 10.2. The average molecular weight is 156 g/mol. The molecule has 62 valence electrons. The number of nitrogens with one attached hydrogen (secondary N) is 1. The van der Waals surface area contributed by atoms with E-state index in [1.165, 1.54) is 0 Å². The summed E-state index contributed by atoms with van der Waals surface area (Å²) in [6, 6.07) is -0.133. The van der Waals surface area contributed by atoms with E-state index < -0.39 is 0 Å². The van der Waals surface area contributed by atoms with Crippen molar-refractivity contribution in [2.75, 3.05) is 0 Å². The minimum Gasteiger partial charge on any atom is -0.388 e. The molecule has 1 atom stereocenters. The fraction of sp³-hybridized carbons (Fsp3) is 0.667. The van der Waals surface area contributed by atoms with Crippen LogP contribution in [0.25, 0.3) is 0 Å². The fourth-order valence-electron chi connectivity index (χ4n) is 0.729. The third-order valence-electron chi connectivity index (χ3n) is 1.47. The summed E-state index contributed by atoms with van der Waals surface area (Å²) in [6.45, 7) is 1.84. The van der Waals surface area contributed by atoms with Crippen molar-refractivity contribution in [2.45, 2.75) is 26.0 Å². The summed E-state index contributed by atoms with van der Waals surface area (Å²) in [5.41, 5.74) is 5.64. The molecule has 4 N–H and O–H groups in total. The number of hydrogen-bond donors (Lipinski definition) is 3. The van der Waals surface area contributed by atoms with Crippen molar-refractivity contribution in [3.8, 4) is 0 Å². The highest BCUT2D eigenvalue weighted by atomic mass is 16.3. The number of H-pyrrole nitrogens is 1. The first-order valence-electron chi connectivity index (χ1n) is 3.55. The van der Waals surface area contributed by atoms with Crippen molar-refractivity contribution in [3.63, 3.8) is 0 Å². The fourth-order valence-corrected chi connectivity index (χ4v) is 0.729. The molecular formula is C6H12N4O. The molecule has 1 heterocycles. The predicted molar refractivity (Wildman–Crippen MR) is 39.5 cm³/mol. The molecule has 0 saturated carbocycles. The second-order valence-corrected chi connectivity index (χ2v) is 2.31. The largest absolute Gasteiger partial charge is 0.388 e. The third-order valence-corrected chi connectivity index (χ3v) is 1.47. The SMILES string of the molecule is CC[C@@H](N)c1n[nH]c(CO)n1. The molecule has 0 aliphatic carbocycles. The van der Waals surface area contributed by atoms with Gasteiger partial charge < -0.3 is 10.8 Å². The average Bonchev–Trinajstić information content (AvgIpc) is 2.50. The van der Waals surface area contributed by atoms with Gasteiger partial charge in [-0.2, -0.15) is 5.10 Å². The molecular weight excluding hydrogens is 144 g/mol. The molecule has 1 aromatic heterocycles. The number of hydrogen-bond acceptors (Lipinski definition) is 4. The van der Waals surface area contributed by atoms with Crippen LogP contribution in [0, 0.1) is 0 Å². The molecule has 1 aromatic rings. The van der Waals surface area contributed by atoms with Gasteiger partial charge in [0.1, 0.15) is 12.4 Å². The Morgan fingerprint density at radius 1 is 1.73 bits per heavy atom. The van der Waals surface area contributed by atoms with Crippen LogP contribution in [0.2, 0.25) is 0 Å². The van der Waals surface area contributed by atoms with Gasteiger partial charge in [-0.3, -0.25) is 5.10 Å². The topological polar surface area (TPSA) is 87.8 Å². The van der Waals surface area contributed by atoms with Crippen molar-refractivity contribution in [2.24, 2.45) is 5.73 Å². The molecule has 0 bridgehead atoms. The Morgan fingerprint density at radius 3 is 2.91 bits per heavy atom. The van der Waals surface area contributed by atoms with E-state index in [1.807, 2.05) is 6.92 Å². The quantitative estimate of drug-likeness (QED) is 0.561. The highest BCUT2D eigenvalue weighted by molar-refractivity contribution is 4.94. The molecule has 5 heteroatoms. The lowest BCUT2D eigenvalue weighted by Crippen LogP contribution is -2.10. The van der Waals surface area contributed by atoms with Crippen molar-refractivity contribution in [1.29, 1.82) is 0 Å². The number of aliphatic hydroxyl groups excluding tert-OH is 1. The van der Waals surface area contributed by atoms with Gasteiger partial charge in [-0.1, -0.05) is 6.92 Å². The molecule has 11 heavy (non-hydrogen) atoms. The van der Waals surface area contributed by atoms with Crippen LogP contribution in [0.1, 0.15) is 31.0 Å². The van der Waals surface area contributed by atoms with Gasteiger partial charge in [-0.25, -0.2) is 4.98 Å². The molecule has 0 aromatic carbocycles. The van der Waals surface area contributed by atoms with E-state index in [1.54, 1.807) is 0 Å². The van der Waals surface area contributed by atoms with Gasteiger partial charge in [-0.15, -0.1) is 0 Å². The van der Waals surface area contributed by atoms with E-state index in [0.717, 1.165) is 6.42 Å². The van der Waals surface area contributed by atoms with E-state index >= 15 is 0 Å². The number of rotatable bonds is 3. The van der Waals surface area contributed by atoms with E-state index in [9.17, 15) is 0 Å². The molecule has 0 saturated heterocycles. The maximum atomic E-state index is 8.63. The monoisotopic (exact) mass is 156 g/mol. The minimum absolute atomic E-state index is 0.122. The van der Waals surface area contributed by atoms with Gasteiger partial charge in [0.25, 0.3) is 0 Å². The van der Waals surface area contributed by atoms with Crippen LogP contribution in [0.3, 0.4) is 0 Å². The summed E-state index contributed by atoms with van der Waals surface area (Å²) >= 11 is 0. The standard InChI is InChI=1S/C6H12N4O/c1-2-4(7)6-8-5(3-11)9-10-6/h4,11H,2-3,7H2,1H3,(H,8,9,10)/t4-/m1/s1. The van der Waals surface area contributed by atoms with Crippen LogP contribution >= 0.6 is 0 Å². The Hall–Kier alpha value is -0.940. The zero-order chi connectivity index (χ0) is 8.27. The van der Waals surface area contributed by atoms with Gasteiger partial charge in [0, 0.05) is 0 Å². The van der Waals surface area contributed by atoms with Crippen LogP contribution in [0.4, 0.5) is 0 Å². The van der Waals surface area contributed by atoms with Crippen LogP contribution in [-0.4, -0.2) is 20.3 Å². The number of aromatic nitrogens is 3. The molecule has 0 unspecified atom stereocenters. The van der Waals surface area contributed by atoms with E-state index in [-0.39, 0.29) is 12.6 Å². The van der Waals surface area contributed by atoms with Crippen molar-refractivity contribution >= 4 is 0 Å². The Kier molecular flexibility index (Phi) is 2.56. The molecule has 0 aliphatic rings. The lowest BCUT2D eigenvalue weighted by Gasteiger charge is -2.00. The number of aliphatic hydroxyl groups is 1. The summed E-state index contributed by atoms with van der Waals surface area (Å²) in [4.78, 5) is 3.96. The van der Waals surface area contributed by atoms with Gasteiger partial charge >= 0.3 is 0 Å². The Labute approximate surface area is 64.6 Å². The number of aromatic amines is 1. The summed E-state index contributed by atoms with van der Waals surface area (Å²) in [5, 5.41) is 15.0. The molecule has 0 aliphatic heterocycles. The van der Waals surface area contributed by atoms with Gasteiger partial charge in [0.15, 0.2) is 5.82 Å². The first-order chi connectivity index (χ1) is 5.27. The maximum absolute atomic E-state index is 8.63. The first kappa shape index (κ1) is 8.16. The summed E-state index contributed by atoms with van der Waals surface area (Å²) < 4.78 is 0. The first-order valence-corrected chi connectivity index (χ1v) is 3.55. The normalized spacial score (nSPS) is 13.4. The van der Waals surface area contributed by atoms with E-state index in [4.69, 9.17) is 10.8 Å². The van der Waals surface area contributed by atoms with Gasteiger partial charge in [0.05, 0.1) is 6.04 Å². The second-order valence-electron chi connectivity index (χ2n) is 2.31. The van der Waals surface area contributed by atoms with Gasteiger partial charge in [0.2, 0.25) is 0 Å². The predicted octanol–water partition coefficient (Wildman–Crippen LogP) is -0.293. The highest BCUT2D eigenvalue weighted by Crippen LogP contribution is 2.06. The van der Waals surface area contributed by atoms with Crippen molar-refractivity contribution in [3.05, 3.63) is 11.6 Å². The zero-order valence-electron chi connectivity index (χ0n) is 6.41. The van der Waals surface area contributed by atoms with Crippen molar-refractivity contribution < 1.29 is 5.11 Å². The highest BCUT2D eigenvalue weighted by Gasteiger charge is 2.08. The summed E-state index contributed by atoms with van der Waals surface area (Å²) in [6.07, 6.45) is 0.794. The Bertz CT molecular complexity index is 222. The smallest absolute Gasteiger partial charge is 0.167 e. The maximum Gasteiger partial charge on any atom is 0.167 e. The van der Waals surface area contributed by atoms with Gasteiger partial charge in [-0.05, 0) is 6.42 Å². The Balaban J connectivity index is 2.71. The van der Waals surface area contributed by atoms with E-state index in [2.05, 4.69) is 15.2 Å². The number of nitrogens with zero attached hydrogens (tertiary/aromatic N) is 2. The van der Waals surface area contributed by atoms with Crippen LogP contribution in [-0.2, 0) is 6.61 Å². The summed E-state index contributed by atoms with van der Waals surface area (Å²) in [5.74, 6) is 1.03. The molecule has 0 amide bonds. The van der Waals surface area contributed by atoms with E-state index in [0.29, 0.717) is 11.6 Å².